The van der Waals surface area contributed by atoms with E-state index < -0.39 is 34.6 Å². The van der Waals surface area contributed by atoms with Crippen molar-refractivity contribution < 1.29 is 26.7 Å². The summed E-state index contributed by atoms with van der Waals surface area (Å²) < 4.78 is 64.2. The van der Waals surface area contributed by atoms with Crippen molar-refractivity contribution in [2.75, 3.05) is 13.1 Å². The Morgan fingerprint density at radius 3 is 2.36 bits per heavy atom. The van der Waals surface area contributed by atoms with Crippen molar-refractivity contribution in [3.8, 4) is 0 Å². The molecule has 1 aromatic rings. The number of piperidine rings is 1. The van der Waals surface area contributed by atoms with Crippen LogP contribution in [0.1, 0.15) is 25.3 Å². The molecule has 0 saturated carbocycles. The Kier molecular flexibility index (Phi) is 4.56. The molecule has 0 amide bonds. The van der Waals surface area contributed by atoms with Gasteiger partial charge >= 0.3 is 6.18 Å². The second-order valence-electron chi connectivity index (χ2n) is 5.43. The van der Waals surface area contributed by atoms with Gasteiger partial charge in [-0.15, -0.1) is 0 Å². The highest BCUT2D eigenvalue weighted by Gasteiger charge is 2.55. The van der Waals surface area contributed by atoms with Gasteiger partial charge in [0.2, 0.25) is 10.0 Å². The average Bonchev–Trinajstić information content (AvgIpc) is 2.46. The van der Waals surface area contributed by atoms with Gasteiger partial charge in [0.15, 0.2) is 5.60 Å². The van der Waals surface area contributed by atoms with Crippen LogP contribution < -0.4 is 0 Å². The number of hydrogen-bond donors (Lipinski definition) is 1. The Morgan fingerprint density at radius 1 is 1.27 bits per heavy atom. The van der Waals surface area contributed by atoms with Crippen LogP contribution in [0.3, 0.4) is 0 Å². The second kappa shape index (κ2) is 5.82. The molecular formula is C14H18F3NO3S. The molecule has 1 saturated heterocycles. The lowest BCUT2D eigenvalue weighted by atomic mass is 9.92. The van der Waals surface area contributed by atoms with Crippen molar-refractivity contribution in [3.05, 3.63) is 29.8 Å². The number of rotatable bonds is 3. The van der Waals surface area contributed by atoms with E-state index in [1.54, 1.807) is 12.1 Å². The highest BCUT2D eigenvalue weighted by molar-refractivity contribution is 7.89. The standard InChI is InChI=1S/C14H18F3NO3S/c1-2-11-4-3-5-12(10-11)22(20,21)18-8-6-13(19,7-9-18)14(15,16)17/h3-5,10,19H,2,6-9H2,1H3. The Bertz CT molecular complexity index is 635. The van der Waals surface area contributed by atoms with E-state index >= 15 is 0 Å². The Morgan fingerprint density at radius 2 is 1.86 bits per heavy atom. The van der Waals surface area contributed by atoms with Gasteiger partial charge in [-0.25, -0.2) is 8.42 Å². The maximum atomic E-state index is 12.8. The van der Waals surface area contributed by atoms with Gasteiger partial charge in [-0.1, -0.05) is 19.1 Å². The molecule has 1 aliphatic rings. The van der Waals surface area contributed by atoms with E-state index in [1.807, 2.05) is 6.92 Å². The van der Waals surface area contributed by atoms with Crippen molar-refractivity contribution in [1.29, 1.82) is 0 Å². The third-order valence-corrected chi connectivity index (χ3v) is 5.92. The fourth-order valence-corrected chi connectivity index (χ4v) is 3.97. The topological polar surface area (TPSA) is 57.6 Å². The third kappa shape index (κ3) is 3.13. The van der Waals surface area contributed by atoms with E-state index in [1.165, 1.54) is 12.1 Å². The minimum absolute atomic E-state index is 0.0734. The van der Waals surface area contributed by atoms with Gasteiger partial charge in [0.1, 0.15) is 0 Å². The highest BCUT2D eigenvalue weighted by atomic mass is 32.2. The summed E-state index contributed by atoms with van der Waals surface area (Å²) in [7, 11) is -3.84. The van der Waals surface area contributed by atoms with Gasteiger partial charge < -0.3 is 5.11 Å². The molecule has 2 rings (SSSR count). The molecule has 0 unspecified atom stereocenters. The van der Waals surface area contributed by atoms with Crippen molar-refractivity contribution in [2.45, 2.75) is 42.9 Å². The monoisotopic (exact) mass is 337 g/mol. The molecule has 0 bridgehead atoms. The van der Waals surface area contributed by atoms with Crippen LogP contribution in [0.25, 0.3) is 0 Å². The van der Waals surface area contributed by atoms with Crippen molar-refractivity contribution in [1.82, 2.24) is 4.31 Å². The van der Waals surface area contributed by atoms with Crippen LogP contribution in [0.5, 0.6) is 0 Å². The Hall–Kier alpha value is -1.12. The zero-order valence-corrected chi connectivity index (χ0v) is 12.9. The minimum Gasteiger partial charge on any atom is -0.380 e. The Balaban J connectivity index is 2.19. The van der Waals surface area contributed by atoms with E-state index in [0.717, 1.165) is 9.87 Å². The number of hydrogen-bond acceptors (Lipinski definition) is 3. The molecule has 1 fully saturated rings. The normalized spacial score (nSPS) is 20.0. The van der Waals surface area contributed by atoms with Gasteiger partial charge in [0, 0.05) is 13.1 Å². The summed E-state index contributed by atoms with van der Waals surface area (Å²) in [4.78, 5) is 0.0734. The largest absolute Gasteiger partial charge is 0.417 e. The number of sulfonamides is 1. The zero-order valence-electron chi connectivity index (χ0n) is 12.1. The molecule has 22 heavy (non-hydrogen) atoms. The van der Waals surface area contributed by atoms with Crippen LogP contribution in [0, 0.1) is 0 Å². The van der Waals surface area contributed by atoms with Gasteiger partial charge in [-0.05, 0) is 37.0 Å². The van der Waals surface area contributed by atoms with Gasteiger partial charge in [0.05, 0.1) is 4.90 Å². The molecule has 8 heteroatoms. The molecule has 0 aliphatic carbocycles. The molecule has 1 aromatic carbocycles. The predicted octanol–water partition coefficient (Wildman–Crippen LogP) is 2.33. The van der Waals surface area contributed by atoms with E-state index in [0.29, 0.717) is 6.42 Å². The summed E-state index contributed by atoms with van der Waals surface area (Å²) in [5.74, 6) is 0. The lowest BCUT2D eigenvalue weighted by Crippen LogP contribution is -2.54. The fourth-order valence-electron chi connectivity index (χ4n) is 2.45. The lowest BCUT2D eigenvalue weighted by molar-refractivity contribution is -0.270. The molecule has 4 nitrogen and oxygen atoms in total. The summed E-state index contributed by atoms with van der Waals surface area (Å²) in [5.41, 5.74) is -1.96. The summed E-state index contributed by atoms with van der Waals surface area (Å²) in [5, 5.41) is 9.60. The summed E-state index contributed by atoms with van der Waals surface area (Å²) in [6, 6.07) is 6.36. The number of alkyl halides is 3. The first-order valence-corrected chi connectivity index (χ1v) is 8.42. The van der Waals surface area contributed by atoms with Crippen LogP contribution in [-0.2, 0) is 16.4 Å². The van der Waals surface area contributed by atoms with E-state index in [4.69, 9.17) is 0 Å². The summed E-state index contributed by atoms with van der Waals surface area (Å²) in [6.45, 7) is 1.18. The third-order valence-electron chi connectivity index (χ3n) is 4.02. The minimum atomic E-state index is -4.75. The van der Waals surface area contributed by atoms with E-state index in [-0.39, 0.29) is 18.0 Å². The van der Waals surface area contributed by atoms with Crippen LogP contribution >= 0.6 is 0 Å². The maximum Gasteiger partial charge on any atom is 0.417 e. The number of aliphatic hydroxyl groups is 1. The molecule has 0 aromatic heterocycles. The van der Waals surface area contributed by atoms with Gasteiger partial charge in [0.25, 0.3) is 0 Å². The smallest absolute Gasteiger partial charge is 0.380 e. The summed E-state index contributed by atoms with van der Waals surface area (Å²) in [6.07, 6.45) is -5.38. The molecule has 0 atom stereocenters. The van der Waals surface area contributed by atoms with Crippen molar-refractivity contribution in [2.24, 2.45) is 0 Å². The molecular weight excluding hydrogens is 319 g/mol. The SMILES string of the molecule is CCc1cccc(S(=O)(=O)N2CCC(O)(C(F)(F)F)CC2)c1. The highest BCUT2D eigenvalue weighted by Crippen LogP contribution is 2.39. The van der Waals surface area contributed by atoms with Gasteiger partial charge in [-0.2, -0.15) is 17.5 Å². The van der Waals surface area contributed by atoms with Crippen molar-refractivity contribution in [3.63, 3.8) is 0 Å². The molecule has 1 aliphatic heterocycles. The van der Waals surface area contributed by atoms with Crippen LogP contribution in [0.2, 0.25) is 0 Å². The first kappa shape index (κ1) is 17.2. The molecule has 124 valence electrons. The van der Waals surface area contributed by atoms with Crippen LogP contribution in [-0.4, -0.2) is 42.7 Å². The number of halogens is 3. The second-order valence-corrected chi connectivity index (χ2v) is 7.37. The fraction of sp³-hybridized carbons (Fsp3) is 0.571. The lowest BCUT2D eigenvalue weighted by Gasteiger charge is -2.38. The van der Waals surface area contributed by atoms with Crippen LogP contribution in [0.4, 0.5) is 13.2 Å². The van der Waals surface area contributed by atoms with E-state index in [2.05, 4.69) is 0 Å². The predicted molar refractivity (Wildman–Crippen MR) is 74.8 cm³/mol. The summed E-state index contributed by atoms with van der Waals surface area (Å²) >= 11 is 0. The zero-order chi connectivity index (χ0) is 16.6. The maximum absolute atomic E-state index is 12.8. The average molecular weight is 337 g/mol. The number of nitrogens with zero attached hydrogens (tertiary/aromatic N) is 1. The number of aryl methyl sites for hydroxylation is 1. The van der Waals surface area contributed by atoms with Crippen LogP contribution in [0.15, 0.2) is 29.2 Å². The quantitative estimate of drug-likeness (QED) is 0.921. The van der Waals surface area contributed by atoms with E-state index in [9.17, 15) is 26.7 Å². The number of benzene rings is 1. The molecule has 0 spiro atoms. The molecule has 0 radical (unpaired) electrons. The van der Waals surface area contributed by atoms with Gasteiger partial charge in [-0.3, -0.25) is 0 Å². The first-order valence-electron chi connectivity index (χ1n) is 6.98. The Labute approximate surface area is 127 Å². The van der Waals surface area contributed by atoms with Crippen molar-refractivity contribution >= 4 is 10.0 Å². The first-order chi connectivity index (χ1) is 10.1. The molecule has 1 N–H and O–H groups in total. The molecule has 1 heterocycles.